The molecule has 4 rings (SSSR count). The Morgan fingerprint density at radius 3 is 2.46 bits per heavy atom. The smallest absolute Gasteiger partial charge is 0.317 e. The second-order valence-electron chi connectivity index (χ2n) is 9.40. The van der Waals surface area contributed by atoms with Gasteiger partial charge in [-0.1, -0.05) is 37.1 Å². The van der Waals surface area contributed by atoms with E-state index in [-0.39, 0.29) is 18.0 Å². The van der Waals surface area contributed by atoms with Crippen molar-refractivity contribution < 1.29 is 14.3 Å². The van der Waals surface area contributed by atoms with Crippen LogP contribution < -0.4 is 16.4 Å². The van der Waals surface area contributed by atoms with E-state index in [2.05, 4.69) is 15.5 Å². The largest absolute Gasteiger partial charge is 0.397 e. The molecule has 0 atom stereocenters. The Morgan fingerprint density at radius 1 is 1.03 bits per heavy atom. The normalized spacial score (nSPS) is 16.7. The van der Waals surface area contributed by atoms with Crippen LogP contribution in [0, 0.1) is 0 Å². The summed E-state index contributed by atoms with van der Waals surface area (Å²) >= 11 is 0. The van der Waals surface area contributed by atoms with Gasteiger partial charge in [-0.15, -0.1) is 0 Å². The Kier molecular flexibility index (Phi) is 8.97. The summed E-state index contributed by atoms with van der Waals surface area (Å²) in [7, 11) is 0. The van der Waals surface area contributed by atoms with Gasteiger partial charge in [0.1, 0.15) is 0 Å². The van der Waals surface area contributed by atoms with Crippen LogP contribution in [0.15, 0.2) is 48.5 Å². The van der Waals surface area contributed by atoms with Crippen LogP contribution in [0.25, 0.3) is 0 Å². The van der Waals surface area contributed by atoms with E-state index in [1.54, 1.807) is 24.3 Å². The number of carbonyl (C=O) groups excluding carboxylic acids is 2. The number of amides is 3. The van der Waals surface area contributed by atoms with Gasteiger partial charge in [-0.2, -0.15) is 0 Å². The number of nitrogens with one attached hydrogen (secondary N) is 2. The highest BCUT2D eigenvalue weighted by Gasteiger charge is 2.21. The van der Waals surface area contributed by atoms with Crippen LogP contribution in [-0.2, 0) is 11.3 Å². The highest BCUT2D eigenvalue weighted by Crippen LogP contribution is 2.20. The lowest BCUT2D eigenvalue weighted by molar-refractivity contribution is 0.0364. The van der Waals surface area contributed by atoms with Crippen LogP contribution in [0.3, 0.4) is 0 Å². The predicted molar refractivity (Wildman–Crippen MR) is 138 cm³/mol. The second kappa shape index (κ2) is 12.6. The maximum Gasteiger partial charge on any atom is 0.317 e. The lowest BCUT2D eigenvalue weighted by Crippen LogP contribution is -2.45. The number of morpholine rings is 1. The summed E-state index contributed by atoms with van der Waals surface area (Å²) in [5.41, 5.74) is 8.59. The monoisotopic (exact) mass is 479 g/mol. The number of para-hydroxylation sites is 2. The van der Waals surface area contributed by atoms with Gasteiger partial charge in [0.2, 0.25) is 0 Å². The van der Waals surface area contributed by atoms with Crippen molar-refractivity contribution >= 4 is 23.3 Å². The van der Waals surface area contributed by atoms with E-state index in [0.29, 0.717) is 30.0 Å². The molecule has 0 radical (unpaired) electrons. The van der Waals surface area contributed by atoms with Gasteiger partial charge in [0.15, 0.2) is 0 Å². The van der Waals surface area contributed by atoms with E-state index in [9.17, 15) is 9.59 Å². The second-order valence-corrected chi connectivity index (χ2v) is 9.40. The van der Waals surface area contributed by atoms with Gasteiger partial charge in [-0.3, -0.25) is 9.69 Å². The first kappa shape index (κ1) is 25.0. The molecule has 1 saturated carbocycles. The quantitative estimate of drug-likeness (QED) is 0.476. The fourth-order valence-corrected chi connectivity index (χ4v) is 4.69. The molecule has 0 unspecified atom stereocenters. The van der Waals surface area contributed by atoms with Crippen molar-refractivity contribution in [3.8, 4) is 0 Å². The van der Waals surface area contributed by atoms with Crippen molar-refractivity contribution in [3.63, 3.8) is 0 Å². The molecule has 0 bridgehead atoms. The first-order valence-corrected chi connectivity index (χ1v) is 12.7. The number of urea groups is 1. The number of benzene rings is 2. The molecule has 0 aromatic heterocycles. The molecule has 188 valence electrons. The van der Waals surface area contributed by atoms with Crippen molar-refractivity contribution in [1.82, 2.24) is 15.1 Å². The van der Waals surface area contributed by atoms with E-state index in [0.717, 1.165) is 57.7 Å². The Morgan fingerprint density at radius 2 is 1.74 bits per heavy atom. The van der Waals surface area contributed by atoms with Crippen LogP contribution >= 0.6 is 0 Å². The standard InChI is InChI=1S/C27H37N5O3/c28-24-8-3-4-9-25(24)30-26(33)22-12-10-21(11-13-22)20-32(27(34)29-23-6-1-2-7-23)15-5-14-31-16-18-35-19-17-31/h3-4,8-13,23H,1-2,5-7,14-20,28H2,(H,29,34)(H,30,33). The maximum absolute atomic E-state index is 13.1. The number of ether oxygens (including phenoxy) is 1. The maximum atomic E-state index is 13.1. The first-order chi connectivity index (χ1) is 17.1. The van der Waals surface area contributed by atoms with Gasteiger partial charge in [0.05, 0.1) is 24.6 Å². The van der Waals surface area contributed by atoms with Crippen molar-refractivity contribution in [1.29, 1.82) is 0 Å². The number of nitrogens with zero attached hydrogens (tertiary/aromatic N) is 2. The molecule has 2 fully saturated rings. The van der Waals surface area contributed by atoms with Crippen molar-refractivity contribution in [3.05, 3.63) is 59.7 Å². The summed E-state index contributed by atoms with van der Waals surface area (Å²) in [6.45, 7) is 5.61. The molecule has 2 aromatic rings. The van der Waals surface area contributed by atoms with Crippen molar-refractivity contribution in [2.24, 2.45) is 0 Å². The Hall–Kier alpha value is -3.10. The molecule has 1 aliphatic heterocycles. The summed E-state index contributed by atoms with van der Waals surface area (Å²) in [6.07, 6.45) is 5.39. The molecule has 8 nitrogen and oxygen atoms in total. The molecular weight excluding hydrogens is 442 g/mol. The minimum absolute atomic E-state index is 0.000231. The van der Waals surface area contributed by atoms with Crippen LogP contribution in [0.4, 0.5) is 16.2 Å². The van der Waals surface area contributed by atoms with Gasteiger partial charge in [0, 0.05) is 44.3 Å². The third-order valence-electron chi connectivity index (χ3n) is 6.77. The third kappa shape index (κ3) is 7.44. The molecule has 1 aliphatic carbocycles. The number of hydrogen-bond acceptors (Lipinski definition) is 5. The van der Waals surface area contributed by atoms with Crippen molar-refractivity contribution in [2.45, 2.75) is 44.7 Å². The molecular formula is C27H37N5O3. The van der Waals surface area contributed by atoms with Crippen molar-refractivity contribution in [2.75, 3.05) is 50.4 Å². The van der Waals surface area contributed by atoms with Crippen LogP contribution in [-0.4, -0.2) is 67.2 Å². The Bertz CT molecular complexity index is 969. The fraction of sp³-hybridized carbons (Fsp3) is 0.481. The summed E-state index contributed by atoms with van der Waals surface area (Å²) < 4.78 is 5.43. The van der Waals surface area contributed by atoms with Crippen LogP contribution in [0.5, 0.6) is 0 Å². The van der Waals surface area contributed by atoms with Crippen LogP contribution in [0.1, 0.15) is 48.0 Å². The van der Waals surface area contributed by atoms with Gasteiger partial charge >= 0.3 is 6.03 Å². The molecule has 8 heteroatoms. The zero-order valence-corrected chi connectivity index (χ0v) is 20.4. The molecule has 35 heavy (non-hydrogen) atoms. The van der Waals surface area contributed by atoms with E-state index in [4.69, 9.17) is 10.5 Å². The Balaban J connectivity index is 1.35. The zero-order chi connectivity index (χ0) is 24.5. The Labute approximate surface area is 207 Å². The molecule has 4 N–H and O–H groups in total. The summed E-state index contributed by atoms with van der Waals surface area (Å²) in [6, 6.07) is 14.9. The van der Waals surface area contributed by atoms with Gasteiger partial charge in [-0.25, -0.2) is 4.79 Å². The molecule has 1 heterocycles. The first-order valence-electron chi connectivity index (χ1n) is 12.7. The van der Waals surface area contributed by atoms with E-state index in [1.807, 2.05) is 29.2 Å². The van der Waals surface area contributed by atoms with E-state index >= 15 is 0 Å². The average Bonchev–Trinajstić information content (AvgIpc) is 3.39. The molecule has 2 aliphatic rings. The number of nitrogen functional groups attached to an aromatic ring is 1. The topological polar surface area (TPSA) is 99.9 Å². The lowest BCUT2D eigenvalue weighted by Gasteiger charge is -2.29. The zero-order valence-electron chi connectivity index (χ0n) is 20.4. The lowest BCUT2D eigenvalue weighted by atomic mass is 10.1. The molecule has 0 spiro atoms. The number of anilines is 2. The number of hydrogen-bond donors (Lipinski definition) is 3. The average molecular weight is 480 g/mol. The predicted octanol–water partition coefficient (Wildman–Crippen LogP) is 3.70. The number of nitrogens with two attached hydrogens (primary N) is 1. The molecule has 3 amide bonds. The van der Waals surface area contributed by atoms with E-state index < -0.39 is 0 Å². The summed E-state index contributed by atoms with van der Waals surface area (Å²) in [5.74, 6) is -0.212. The minimum atomic E-state index is -0.212. The number of carbonyl (C=O) groups is 2. The minimum Gasteiger partial charge on any atom is -0.397 e. The highest BCUT2D eigenvalue weighted by atomic mass is 16.5. The SMILES string of the molecule is Nc1ccccc1NC(=O)c1ccc(CN(CCCN2CCOCC2)C(=O)NC2CCCC2)cc1. The summed E-state index contributed by atoms with van der Waals surface area (Å²) in [4.78, 5) is 30.0. The van der Waals surface area contributed by atoms with Gasteiger partial charge in [-0.05, 0) is 49.1 Å². The fourth-order valence-electron chi connectivity index (χ4n) is 4.69. The molecule has 1 saturated heterocycles. The van der Waals surface area contributed by atoms with Gasteiger partial charge in [0.25, 0.3) is 5.91 Å². The van der Waals surface area contributed by atoms with Gasteiger partial charge < -0.3 is 26.0 Å². The number of rotatable bonds is 9. The van der Waals surface area contributed by atoms with E-state index in [1.165, 1.54) is 12.8 Å². The molecule has 2 aromatic carbocycles. The van der Waals surface area contributed by atoms with Crippen LogP contribution in [0.2, 0.25) is 0 Å². The summed E-state index contributed by atoms with van der Waals surface area (Å²) in [5, 5.41) is 6.08. The third-order valence-corrected chi connectivity index (χ3v) is 6.77. The highest BCUT2D eigenvalue weighted by molar-refractivity contribution is 6.05.